The van der Waals surface area contributed by atoms with Gasteiger partial charge in [-0.1, -0.05) is 48.5 Å². The third-order valence-electron chi connectivity index (χ3n) is 7.92. The number of rotatable bonds is 9. The summed E-state index contributed by atoms with van der Waals surface area (Å²) in [5, 5.41) is 25.4. The summed E-state index contributed by atoms with van der Waals surface area (Å²) in [6.45, 7) is 4.77. The summed E-state index contributed by atoms with van der Waals surface area (Å²) in [5.41, 5.74) is 7.27. The van der Waals surface area contributed by atoms with Crippen LogP contribution >= 0.6 is 0 Å². The molecule has 3 N–H and O–H groups in total. The van der Waals surface area contributed by atoms with Crippen LogP contribution in [-0.4, -0.2) is 34.6 Å². The normalized spacial score (nSPS) is 10.7. The van der Waals surface area contributed by atoms with E-state index in [1.165, 1.54) is 9.36 Å². The lowest BCUT2D eigenvalue weighted by Crippen LogP contribution is -2.24. The number of anilines is 4. The first kappa shape index (κ1) is 33.4. The van der Waals surface area contributed by atoms with E-state index in [9.17, 15) is 9.59 Å². The van der Waals surface area contributed by atoms with Gasteiger partial charge in [0.25, 0.3) is 11.1 Å². The van der Waals surface area contributed by atoms with Gasteiger partial charge in [-0.3, -0.25) is 19.6 Å². The Balaban J connectivity index is 0.000000174. The first-order valence-electron chi connectivity index (χ1n) is 16.2. The fourth-order valence-electron chi connectivity index (χ4n) is 5.31. The van der Waals surface area contributed by atoms with Crippen LogP contribution in [0.15, 0.2) is 137 Å². The predicted octanol–water partition coefficient (Wildman–Crippen LogP) is 6.78. The second-order valence-electron chi connectivity index (χ2n) is 11.2. The molecule has 0 atom stereocenters. The Labute approximate surface area is 288 Å². The molecule has 50 heavy (non-hydrogen) atoms. The van der Waals surface area contributed by atoms with Crippen molar-refractivity contribution in [2.24, 2.45) is 0 Å². The number of benzene rings is 3. The zero-order valence-corrected chi connectivity index (χ0v) is 27.7. The Hall–Kier alpha value is -6.46. The molecular weight excluding hydrogens is 628 g/mol. The highest BCUT2D eigenvalue weighted by Crippen LogP contribution is 2.26. The molecule has 0 saturated carbocycles. The van der Waals surface area contributed by atoms with Crippen LogP contribution in [0.25, 0.3) is 33.4 Å². The summed E-state index contributed by atoms with van der Waals surface area (Å²) >= 11 is 0. The Bertz CT molecular complexity index is 2320. The molecule has 0 radical (unpaired) electrons. The largest absolute Gasteiger partial charge is 0.392 e. The summed E-state index contributed by atoms with van der Waals surface area (Å²) in [7, 11) is 0. The van der Waals surface area contributed by atoms with Crippen LogP contribution in [0.4, 0.5) is 22.7 Å². The number of nitrogens with zero attached hydrogens (tertiary/aromatic N) is 6. The van der Waals surface area contributed by atoms with Gasteiger partial charge in [-0.15, -0.1) is 0 Å². The zero-order valence-electron chi connectivity index (χ0n) is 27.7. The number of aliphatic hydroxyl groups excluding tert-OH is 1. The van der Waals surface area contributed by atoms with Gasteiger partial charge in [0.1, 0.15) is 11.4 Å². The lowest BCUT2D eigenvalue weighted by atomic mass is 10.1. The van der Waals surface area contributed by atoms with Gasteiger partial charge in [-0.2, -0.15) is 10.2 Å². The average molecular weight is 665 g/mol. The monoisotopic (exact) mass is 664 g/mol. The van der Waals surface area contributed by atoms with Gasteiger partial charge in [0.05, 0.1) is 23.5 Å². The van der Waals surface area contributed by atoms with E-state index >= 15 is 0 Å². The van der Waals surface area contributed by atoms with Crippen molar-refractivity contribution in [3.8, 4) is 22.5 Å². The number of pyridine rings is 2. The second-order valence-corrected chi connectivity index (χ2v) is 11.2. The van der Waals surface area contributed by atoms with Crippen LogP contribution in [0.5, 0.6) is 0 Å². The van der Waals surface area contributed by atoms with E-state index in [-0.39, 0.29) is 17.7 Å². The highest BCUT2D eigenvalue weighted by atomic mass is 16.3. The molecule has 3 aromatic carbocycles. The third kappa shape index (κ3) is 7.64. The summed E-state index contributed by atoms with van der Waals surface area (Å²) in [6, 6.07) is 34.0. The molecule has 0 spiro atoms. The van der Waals surface area contributed by atoms with Gasteiger partial charge in [0.15, 0.2) is 0 Å². The van der Waals surface area contributed by atoms with E-state index in [0.29, 0.717) is 24.5 Å². The fraction of sp³-hybridized carbons (Fsp3) is 0.128. The summed E-state index contributed by atoms with van der Waals surface area (Å²) in [4.78, 5) is 33.6. The Morgan fingerprint density at radius 3 is 1.86 bits per heavy atom. The van der Waals surface area contributed by atoms with E-state index in [0.717, 1.165) is 50.4 Å². The molecule has 0 aliphatic rings. The number of nitrogens with one attached hydrogen (secondary N) is 2. The van der Waals surface area contributed by atoms with Gasteiger partial charge in [-0.25, -0.2) is 9.36 Å². The molecule has 0 saturated heterocycles. The van der Waals surface area contributed by atoms with Crippen LogP contribution in [0.2, 0.25) is 0 Å². The Kier molecular flexibility index (Phi) is 10.5. The maximum atomic E-state index is 12.7. The first-order chi connectivity index (χ1) is 24.5. The average Bonchev–Trinajstić information content (AvgIpc) is 3.17. The minimum atomic E-state index is -0.164. The van der Waals surface area contributed by atoms with E-state index in [1.807, 2.05) is 111 Å². The Morgan fingerprint density at radius 1 is 0.620 bits per heavy atom. The van der Waals surface area contributed by atoms with Crippen molar-refractivity contribution in [1.82, 2.24) is 29.5 Å². The number of aryl methyl sites for hydroxylation is 2. The predicted molar refractivity (Wildman–Crippen MR) is 198 cm³/mol. The molecule has 7 aromatic rings. The maximum absolute atomic E-state index is 12.7. The molecule has 250 valence electrons. The number of hydrogen-bond donors (Lipinski definition) is 3. The standard InChI is InChI=1S/C20H17N5O.C19H19N3O2/c1-2-25-20(26)19(13-18(24-25)14-8-11-21-12-9-14)23-17-7-3-6-16-15(17)5-4-10-22-16;1-2-22-19(24)18(20-16-10-8-14(13-23)9-11-16)12-17(21-22)15-6-4-3-5-7-15/h3-13,23H,2H2,1H3;3-12,20,23H,2,13H2,1H3. The molecule has 11 heteroatoms. The van der Waals surface area contributed by atoms with Crippen molar-refractivity contribution in [3.63, 3.8) is 0 Å². The lowest BCUT2D eigenvalue weighted by Gasteiger charge is -2.12. The molecule has 7 rings (SSSR count). The highest BCUT2D eigenvalue weighted by molar-refractivity contribution is 5.93. The van der Waals surface area contributed by atoms with Gasteiger partial charge >= 0.3 is 0 Å². The lowest BCUT2D eigenvalue weighted by molar-refractivity contribution is 0.282. The van der Waals surface area contributed by atoms with Crippen LogP contribution in [0, 0.1) is 0 Å². The minimum Gasteiger partial charge on any atom is -0.392 e. The van der Waals surface area contributed by atoms with Crippen LogP contribution in [0.1, 0.15) is 19.4 Å². The first-order valence-corrected chi connectivity index (χ1v) is 16.2. The van der Waals surface area contributed by atoms with Crippen LogP contribution < -0.4 is 21.8 Å². The number of aliphatic hydroxyl groups is 1. The van der Waals surface area contributed by atoms with E-state index < -0.39 is 0 Å². The molecule has 0 amide bonds. The molecule has 11 nitrogen and oxygen atoms in total. The SMILES string of the molecule is CCn1nc(-c2ccccc2)cc(Nc2ccc(CO)cc2)c1=O.CCn1nc(-c2ccncc2)cc(Nc2cccc3ncccc23)c1=O. The zero-order chi connectivity index (χ0) is 34.9. The van der Waals surface area contributed by atoms with Crippen molar-refractivity contribution >= 4 is 33.7 Å². The summed E-state index contributed by atoms with van der Waals surface area (Å²) in [6.07, 6.45) is 5.17. The quantitative estimate of drug-likeness (QED) is 0.152. The maximum Gasteiger partial charge on any atom is 0.290 e. The minimum absolute atomic E-state index is 0.00364. The molecule has 4 heterocycles. The van der Waals surface area contributed by atoms with E-state index in [4.69, 9.17) is 5.11 Å². The molecule has 4 aromatic heterocycles. The summed E-state index contributed by atoms with van der Waals surface area (Å²) < 4.78 is 2.91. The topological polar surface area (TPSA) is 140 Å². The molecule has 0 unspecified atom stereocenters. The van der Waals surface area contributed by atoms with Crippen LogP contribution in [-0.2, 0) is 19.7 Å². The summed E-state index contributed by atoms with van der Waals surface area (Å²) in [5.74, 6) is 0. The van der Waals surface area contributed by atoms with Gasteiger partial charge < -0.3 is 15.7 Å². The van der Waals surface area contributed by atoms with Gasteiger partial charge in [0.2, 0.25) is 0 Å². The molecule has 0 aliphatic heterocycles. The molecule has 0 aliphatic carbocycles. The van der Waals surface area contributed by atoms with Crippen molar-refractivity contribution < 1.29 is 5.11 Å². The Morgan fingerprint density at radius 2 is 1.24 bits per heavy atom. The van der Waals surface area contributed by atoms with E-state index in [1.54, 1.807) is 30.7 Å². The van der Waals surface area contributed by atoms with Crippen molar-refractivity contribution in [2.75, 3.05) is 10.6 Å². The van der Waals surface area contributed by atoms with Crippen molar-refractivity contribution in [2.45, 2.75) is 33.5 Å². The fourth-order valence-corrected chi connectivity index (χ4v) is 5.31. The smallest absolute Gasteiger partial charge is 0.290 e. The third-order valence-corrected chi connectivity index (χ3v) is 7.92. The van der Waals surface area contributed by atoms with Gasteiger partial charge in [-0.05, 0) is 80.1 Å². The van der Waals surface area contributed by atoms with E-state index in [2.05, 4.69) is 30.8 Å². The molecule has 0 bridgehead atoms. The van der Waals surface area contributed by atoms with Crippen LogP contribution in [0.3, 0.4) is 0 Å². The molecule has 0 fully saturated rings. The number of hydrogen-bond acceptors (Lipinski definition) is 9. The van der Waals surface area contributed by atoms with Gasteiger partial charge in [0, 0.05) is 59.6 Å². The highest BCUT2D eigenvalue weighted by Gasteiger charge is 2.12. The second kappa shape index (κ2) is 15.6. The number of fused-ring (bicyclic) bond motifs is 1. The number of aromatic nitrogens is 6. The molecular formula is C39H36N8O3. The van der Waals surface area contributed by atoms with Crippen molar-refractivity contribution in [1.29, 1.82) is 0 Å². The van der Waals surface area contributed by atoms with Crippen molar-refractivity contribution in [3.05, 3.63) is 154 Å².